The van der Waals surface area contributed by atoms with E-state index < -0.39 is 0 Å². The molecule has 22 heavy (non-hydrogen) atoms. The molecular formula is C19H18O3. The van der Waals surface area contributed by atoms with Gasteiger partial charge in [0.1, 0.15) is 6.29 Å². The van der Waals surface area contributed by atoms with Gasteiger partial charge in [0.05, 0.1) is 7.11 Å². The second kappa shape index (κ2) is 9.99. The van der Waals surface area contributed by atoms with Gasteiger partial charge in [-0.2, -0.15) is 0 Å². The molecule has 0 aliphatic rings. The van der Waals surface area contributed by atoms with Crippen molar-refractivity contribution >= 4 is 17.8 Å². The highest BCUT2D eigenvalue weighted by Crippen LogP contribution is 2.19. The van der Waals surface area contributed by atoms with Gasteiger partial charge in [-0.3, -0.25) is 0 Å². The zero-order chi connectivity index (χ0) is 16.2. The molecule has 0 aliphatic carbocycles. The molecule has 0 N–H and O–H groups in total. The number of carbonyl (C=O) groups excluding carboxylic acids is 2. The Morgan fingerprint density at radius 3 is 2.82 bits per heavy atom. The van der Waals surface area contributed by atoms with Crippen molar-refractivity contribution in [2.75, 3.05) is 7.11 Å². The lowest BCUT2D eigenvalue weighted by molar-refractivity contribution is -0.134. The van der Waals surface area contributed by atoms with Crippen LogP contribution in [0, 0.1) is 11.8 Å². The highest BCUT2D eigenvalue weighted by molar-refractivity contribution is 5.81. The van der Waals surface area contributed by atoms with Gasteiger partial charge in [0.15, 0.2) is 0 Å². The van der Waals surface area contributed by atoms with Crippen LogP contribution in [-0.2, 0) is 14.3 Å². The van der Waals surface area contributed by atoms with E-state index in [0.717, 1.165) is 23.0 Å². The second-order valence-corrected chi connectivity index (χ2v) is 4.34. The number of rotatable bonds is 6. The lowest BCUT2D eigenvalue weighted by Gasteiger charge is -2.04. The number of allylic oxidation sites excluding steroid dienone is 2. The van der Waals surface area contributed by atoms with E-state index in [2.05, 4.69) is 28.9 Å². The number of carbonyl (C=O) groups is 2. The van der Waals surface area contributed by atoms with Gasteiger partial charge in [0.25, 0.3) is 0 Å². The highest BCUT2D eigenvalue weighted by Gasteiger charge is 2.04. The Kier molecular flexibility index (Phi) is 7.82. The molecule has 0 spiro atoms. The molecule has 0 aliphatic heterocycles. The molecule has 3 nitrogen and oxygen atoms in total. The quantitative estimate of drug-likeness (QED) is 0.202. The van der Waals surface area contributed by atoms with Gasteiger partial charge in [0, 0.05) is 35.6 Å². The minimum atomic E-state index is -0.368. The van der Waals surface area contributed by atoms with E-state index >= 15 is 0 Å². The Bertz CT molecular complexity index is 665. The molecule has 0 bridgehead atoms. The Hall–Kier alpha value is -2.82. The van der Waals surface area contributed by atoms with Gasteiger partial charge >= 0.3 is 5.97 Å². The summed E-state index contributed by atoms with van der Waals surface area (Å²) in [6.07, 6.45) is 5.51. The Morgan fingerprint density at radius 1 is 1.36 bits per heavy atom. The average Bonchev–Trinajstić information content (AvgIpc) is 2.56. The largest absolute Gasteiger partial charge is 0.466 e. The lowest BCUT2D eigenvalue weighted by atomic mass is 9.98. The second-order valence-electron chi connectivity index (χ2n) is 4.34. The van der Waals surface area contributed by atoms with Crippen LogP contribution in [0.25, 0.3) is 5.57 Å². The summed E-state index contributed by atoms with van der Waals surface area (Å²) < 4.78 is 4.50. The summed E-state index contributed by atoms with van der Waals surface area (Å²) in [7, 11) is 1.34. The molecule has 1 rings (SSSR count). The summed E-state index contributed by atoms with van der Waals surface area (Å²) in [5.41, 5.74) is 5.25. The predicted octanol–water partition coefficient (Wildman–Crippen LogP) is 3.30. The molecule has 0 heterocycles. The van der Waals surface area contributed by atoms with Gasteiger partial charge in [-0.15, -0.1) is 5.73 Å². The Morgan fingerprint density at radius 2 is 2.14 bits per heavy atom. The number of methoxy groups -OCH3 is 1. The first-order chi connectivity index (χ1) is 10.7. The average molecular weight is 294 g/mol. The first kappa shape index (κ1) is 17.2. The van der Waals surface area contributed by atoms with Crippen molar-refractivity contribution < 1.29 is 14.3 Å². The van der Waals surface area contributed by atoms with Crippen molar-refractivity contribution in [2.24, 2.45) is 0 Å². The fourth-order valence-electron chi connectivity index (χ4n) is 1.78. The number of benzene rings is 1. The first-order valence-corrected chi connectivity index (χ1v) is 6.88. The van der Waals surface area contributed by atoms with Crippen LogP contribution in [0.5, 0.6) is 0 Å². The molecule has 0 unspecified atom stereocenters. The maximum absolute atomic E-state index is 10.9. The molecule has 112 valence electrons. The summed E-state index contributed by atoms with van der Waals surface area (Å²) >= 11 is 0. The van der Waals surface area contributed by atoms with E-state index in [1.54, 1.807) is 6.08 Å². The maximum atomic E-state index is 10.9. The summed E-state index contributed by atoms with van der Waals surface area (Å²) in [4.78, 5) is 21.6. The molecule has 1 aromatic rings. The molecule has 0 amide bonds. The van der Waals surface area contributed by atoms with Crippen molar-refractivity contribution in [1.29, 1.82) is 0 Å². The smallest absolute Gasteiger partial charge is 0.330 e. The number of esters is 1. The number of hydrogen-bond acceptors (Lipinski definition) is 3. The molecule has 1 aromatic carbocycles. The number of hydrogen-bond donors (Lipinski definition) is 0. The molecule has 0 saturated heterocycles. The van der Waals surface area contributed by atoms with E-state index in [9.17, 15) is 9.59 Å². The maximum Gasteiger partial charge on any atom is 0.330 e. The van der Waals surface area contributed by atoms with E-state index in [1.807, 2.05) is 24.3 Å². The fourth-order valence-corrected chi connectivity index (χ4v) is 1.78. The van der Waals surface area contributed by atoms with Crippen molar-refractivity contribution in [3.63, 3.8) is 0 Å². The zero-order valence-corrected chi connectivity index (χ0v) is 12.6. The van der Waals surface area contributed by atoms with Crippen LogP contribution in [0.2, 0.25) is 0 Å². The Labute approximate surface area is 131 Å². The normalized spacial score (nSPS) is 9.50. The molecule has 0 atom stereocenters. The van der Waals surface area contributed by atoms with Gasteiger partial charge in [-0.05, 0) is 12.5 Å². The molecule has 0 radical (unpaired) electrons. The fraction of sp³-hybridized carbons (Fsp3) is 0.211. The number of ether oxygens (including phenoxy) is 1. The summed E-state index contributed by atoms with van der Waals surface area (Å²) in [5, 5.41) is 0. The third-order valence-electron chi connectivity index (χ3n) is 2.87. The molecule has 0 aromatic heterocycles. The van der Waals surface area contributed by atoms with E-state index in [4.69, 9.17) is 0 Å². The third-order valence-corrected chi connectivity index (χ3v) is 2.87. The lowest BCUT2D eigenvalue weighted by Crippen LogP contribution is -1.93. The van der Waals surface area contributed by atoms with Crippen LogP contribution >= 0.6 is 0 Å². The number of aldehydes is 1. The number of unbranched alkanes of at least 4 members (excludes halogenated alkanes) is 1. The van der Waals surface area contributed by atoms with Gasteiger partial charge in [-0.25, -0.2) is 4.79 Å². The van der Waals surface area contributed by atoms with E-state index in [1.165, 1.54) is 13.2 Å². The van der Waals surface area contributed by atoms with Crippen LogP contribution in [-0.4, -0.2) is 19.4 Å². The topological polar surface area (TPSA) is 43.4 Å². The highest BCUT2D eigenvalue weighted by atomic mass is 16.5. The molecule has 0 saturated carbocycles. The summed E-state index contributed by atoms with van der Waals surface area (Å²) in [5.74, 6) is 5.77. The zero-order valence-electron chi connectivity index (χ0n) is 12.6. The van der Waals surface area contributed by atoms with Crippen molar-refractivity contribution in [3.8, 4) is 11.8 Å². The van der Waals surface area contributed by atoms with Crippen LogP contribution in [0.3, 0.4) is 0 Å². The van der Waals surface area contributed by atoms with Crippen LogP contribution in [0.1, 0.15) is 30.4 Å². The van der Waals surface area contributed by atoms with Gasteiger partial charge in [-0.1, -0.05) is 42.7 Å². The van der Waals surface area contributed by atoms with Gasteiger partial charge < -0.3 is 9.53 Å². The van der Waals surface area contributed by atoms with E-state index in [0.29, 0.717) is 12.8 Å². The molecule has 0 fully saturated rings. The minimum absolute atomic E-state index is 0.268. The van der Waals surface area contributed by atoms with Crippen LogP contribution in [0.4, 0.5) is 0 Å². The van der Waals surface area contributed by atoms with Crippen molar-refractivity contribution in [3.05, 3.63) is 59.9 Å². The van der Waals surface area contributed by atoms with Crippen molar-refractivity contribution in [1.82, 2.24) is 0 Å². The van der Waals surface area contributed by atoms with Crippen LogP contribution in [0.15, 0.2) is 48.7 Å². The third kappa shape index (κ3) is 5.66. The molecular weight excluding hydrogens is 276 g/mol. The SMILES string of the molecule is C=C=C(CC=O)c1ccccc1C#CCC/C=C/C(=O)OC. The van der Waals surface area contributed by atoms with Gasteiger partial charge in [0.2, 0.25) is 0 Å². The Balaban J connectivity index is 2.77. The monoisotopic (exact) mass is 294 g/mol. The first-order valence-electron chi connectivity index (χ1n) is 6.88. The molecule has 3 heteroatoms. The standard InChI is InChI=1S/C19H18O3/c1-3-16(14-15-20)18-12-9-8-11-17(18)10-6-4-5-7-13-19(21)22-2/h7-9,11-13,15H,1,4-5,14H2,2H3/b13-7+. The summed E-state index contributed by atoms with van der Waals surface area (Å²) in [6.45, 7) is 3.62. The predicted molar refractivity (Wildman–Crippen MR) is 86.9 cm³/mol. The van der Waals surface area contributed by atoms with Crippen LogP contribution < -0.4 is 0 Å². The van der Waals surface area contributed by atoms with E-state index in [-0.39, 0.29) is 12.4 Å². The van der Waals surface area contributed by atoms with Crippen molar-refractivity contribution in [2.45, 2.75) is 19.3 Å². The minimum Gasteiger partial charge on any atom is -0.466 e. The summed E-state index contributed by atoms with van der Waals surface area (Å²) in [6, 6.07) is 7.58.